The second-order valence-corrected chi connectivity index (χ2v) is 18.6. The number of H-pyrrole nitrogens is 2. The number of ether oxygens (including phenoxy) is 3. The molecule has 5 aromatic carbocycles. The lowest BCUT2D eigenvalue weighted by atomic mass is 9.90. The molecule has 2 aromatic heterocycles. The molecule has 15 heteroatoms. The molecule has 0 spiro atoms. The fraction of sp³-hybridized carbons (Fsp3) is 0.358. The number of methoxy groups -OCH3 is 2. The van der Waals surface area contributed by atoms with Crippen LogP contribution in [-0.4, -0.2) is 99.8 Å². The molecule has 68 heavy (non-hydrogen) atoms. The maximum Gasteiger partial charge on any atom is 0.407 e. The van der Waals surface area contributed by atoms with E-state index in [1.807, 2.05) is 52.4 Å². The van der Waals surface area contributed by atoms with Crippen molar-refractivity contribution in [2.75, 3.05) is 34.0 Å². The Morgan fingerprint density at radius 1 is 0.735 bits per heavy atom. The summed E-state index contributed by atoms with van der Waals surface area (Å²) in [5.41, 5.74) is 6.52. The second kappa shape index (κ2) is 18.1. The van der Waals surface area contributed by atoms with Crippen LogP contribution in [0.1, 0.15) is 80.3 Å². The van der Waals surface area contributed by atoms with Crippen molar-refractivity contribution in [2.45, 2.75) is 75.2 Å². The van der Waals surface area contributed by atoms with Crippen LogP contribution in [0.5, 0.6) is 0 Å². The number of hydrogen-bond acceptors (Lipinski definition) is 9. The zero-order chi connectivity index (χ0) is 46.5. The van der Waals surface area contributed by atoms with Crippen LogP contribution in [0, 0.1) is 11.8 Å². The van der Waals surface area contributed by atoms with Crippen molar-refractivity contribution in [3.05, 3.63) is 120 Å². The normalized spacial score (nSPS) is 21.3. The number of carbonyl (C=O) groups is 4. The summed E-state index contributed by atoms with van der Waals surface area (Å²) in [5.74, 6) is 1.45. The molecule has 2 bridgehead atoms. The number of nitrogens with zero attached hydrogens (tertiary/aromatic N) is 4. The second-order valence-electron chi connectivity index (χ2n) is 18.6. The molecule has 3 saturated heterocycles. The molecule has 6 atom stereocenters. The molecule has 0 radical (unpaired) electrons. The van der Waals surface area contributed by atoms with Crippen molar-refractivity contribution in [3.8, 4) is 22.4 Å². The van der Waals surface area contributed by atoms with Gasteiger partial charge in [0.2, 0.25) is 5.91 Å². The molecule has 15 nitrogen and oxygen atoms in total. The van der Waals surface area contributed by atoms with E-state index in [1.165, 1.54) is 14.2 Å². The molecular weight excluding hydrogens is 861 g/mol. The van der Waals surface area contributed by atoms with E-state index in [9.17, 15) is 19.2 Å². The van der Waals surface area contributed by atoms with Gasteiger partial charge in [-0.25, -0.2) is 19.6 Å². The van der Waals surface area contributed by atoms with Gasteiger partial charge in [-0.1, -0.05) is 72.8 Å². The highest BCUT2D eigenvalue weighted by Gasteiger charge is 2.51. The highest BCUT2D eigenvalue weighted by Crippen LogP contribution is 2.51. The lowest BCUT2D eigenvalue weighted by molar-refractivity contribution is -0.138. The van der Waals surface area contributed by atoms with Gasteiger partial charge in [-0.2, -0.15) is 0 Å². The summed E-state index contributed by atoms with van der Waals surface area (Å²) in [6.45, 7) is 1.70. The van der Waals surface area contributed by atoms with Gasteiger partial charge in [0.05, 0.1) is 49.2 Å². The van der Waals surface area contributed by atoms with Gasteiger partial charge in [0, 0.05) is 36.8 Å². The summed E-state index contributed by atoms with van der Waals surface area (Å²) < 4.78 is 15.4. The first kappa shape index (κ1) is 43.3. The summed E-state index contributed by atoms with van der Waals surface area (Å²) in [5, 5.41) is 9.94. The number of benzene rings is 5. The third-order valence-corrected chi connectivity index (χ3v) is 14.8. The van der Waals surface area contributed by atoms with Crippen LogP contribution in [0.25, 0.3) is 55.0 Å². The van der Waals surface area contributed by atoms with Crippen LogP contribution in [0.4, 0.5) is 9.59 Å². The lowest BCUT2D eigenvalue weighted by Crippen LogP contribution is -2.53. The van der Waals surface area contributed by atoms with Gasteiger partial charge in [0.25, 0.3) is 5.91 Å². The molecule has 1 aliphatic carbocycles. The van der Waals surface area contributed by atoms with Gasteiger partial charge >= 0.3 is 12.2 Å². The molecule has 3 aliphatic heterocycles. The van der Waals surface area contributed by atoms with E-state index in [0.717, 1.165) is 98.7 Å². The first-order valence-corrected chi connectivity index (χ1v) is 23.7. The Morgan fingerprint density at radius 2 is 1.44 bits per heavy atom. The summed E-state index contributed by atoms with van der Waals surface area (Å²) in [7, 11) is 2.62. The number of aromatic amines is 2. The highest BCUT2D eigenvalue weighted by atomic mass is 16.5. The van der Waals surface area contributed by atoms with Crippen molar-refractivity contribution in [1.29, 1.82) is 0 Å². The van der Waals surface area contributed by atoms with E-state index in [-0.39, 0.29) is 41.8 Å². The molecule has 348 valence electrons. The van der Waals surface area contributed by atoms with Crippen molar-refractivity contribution < 1.29 is 33.4 Å². The van der Waals surface area contributed by atoms with Gasteiger partial charge in [0.1, 0.15) is 23.7 Å². The maximum atomic E-state index is 14.5. The minimum absolute atomic E-state index is 0.0323. The number of amides is 4. The molecule has 4 fully saturated rings. The van der Waals surface area contributed by atoms with E-state index < -0.39 is 24.3 Å². The summed E-state index contributed by atoms with van der Waals surface area (Å²) in [6, 6.07) is 30.9. The molecule has 4 amide bonds. The Kier molecular flexibility index (Phi) is 11.5. The fourth-order valence-electron chi connectivity index (χ4n) is 11.4. The Balaban J connectivity index is 0.820. The first-order chi connectivity index (χ1) is 33.2. The van der Waals surface area contributed by atoms with Crippen LogP contribution in [0.2, 0.25) is 0 Å². The van der Waals surface area contributed by atoms with Crippen LogP contribution in [-0.2, 0) is 23.8 Å². The largest absolute Gasteiger partial charge is 0.453 e. The van der Waals surface area contributed by atoms with Gasteiger partial charge in [-0.15, -0.1) is 0 Å². The Morgan fingerprint density at radius 3 is 2.22 bits per heavy atom. The predicted octanol–water partition coefficient (Wildman–Crippen LogP) is 8.89. The quantitative estimate of drug-likeness (QED) is 0.104. The van der Waals surface area contributed by atoms with E-state index in [1.54, 1.807) is 0 Å². The number of alkyl carbamates (subject to hydrolysis) is 2. The minimum Gasteiger partial charge on any atom is -0.453 e. The average molecular weight is 915 g/mol. The molecule has 5 heterocycles. The number of rotatable bonds is 10. The number of carbonyl (C=O) groups excluding carboxylic acids is 4. The van der Waals surface area contributed by atoms with Gasteiger partial charge < -0.3 is 44.6 Å². The number of aromatic nitrogens is 4. The minimum atomic E-state index is -0.884. The third kappa shape index (κ3) is 7.97. The molecule has 7 aromatic rings. The number of imidazole rings is 2. The number of nitrogens with one attached hydrogen (secondary N) is 4. The number of fused-ring (bicyclic) bond motifs is 6. The van der Waals surface area contributed by atoms with Crippen LogP contribution >= 0.6 is 0 Å². The summed E-state index contributed by atoms with van der Waals surface area (Å²) in [6.07, 6.45) is 6.40. The maximum absolute atomic E-state index is 14.5. The van der Waals surface area contributed by atoms with Crippen molar-refractivity contribution >= 4 is 56.6 Å². The number of piperidine rings is 1. The molecule has 11 rings (SSSR count). The van der Waals surface area contributed by atoms with E-state index in [2.05, 4.69) is 81.3 Å². The van der Waals surface area contributed by atoms with Crippen molar-refractivity contribution in [3.63, 3.8) is 0 Å². The molecular formula is C53H54N8O7. The molecule has 4 aliphatic rings. The zero-order valence-electron chi connectivity index (χ0n) is 38.1. The smallest absolute Gasteiger partial charge is 0.407 e. The van der Waals surface area contributed by atoms with Crippen LogP contribution < -0.4 is 10.6 Å². The Labute approximate surface area is 392 Å². The Hall–Kier alpha value is -7.26. The zero-order valence-corrected chi connectivity index (χ0v) is 38.1. The van der Waals surface area contributed by atoms with Crippen LogP contribution in [0.3, 0.4) is 0 Å². The fourth-order valence-corrected chi connectivity index (χ4v) is 11.4. The van der Waals surface area contributed by atoms with Gasteiger partial charge in [0.15, 0.2) is 0 Å². The monoisotopic (exact) mass is 914 g/mol. The van der Waals surface area contributed by atoms with E-state index in [0.29, 0.717) is 38.2 Å². The molecule has 4 N–H and O–H groups in total. The highest BCUT2D eigenvalue weighted by molar-refractivity contribution is 6.06. The lowest BCUT2D eigenvalue weighted by Gasteiger charge is -2.36. The standard InChI is InChI=1S/C53H54N8O7/c1-66-52(64)58-44(31-20-23-68-24-21-31)50(62)60-22-6-9-43(60)48-54-29-42(56-48)37-13-12-33-25-32(10-11-34(33)27-37)35-15-18-40-36(26-35)16-19-41-46(40)57-49(55-41)47-38-14-17-39(28-38)61(47)51(63)45(59-53(65)67-2)30-7-4-3-5-8-30/h3-5,7-8,10-13,15-16,18-19,25-27,29,31,38-39,43-45,47H,6,9,14,17,20-24,28H2,1-2H3,(H,54,56)(H,55,57)(H,58,64)(H,59,65)/t38-,39+,43-,44-,45+,47-/m0/s1. The third-order valence-electron chi connectivity index (χ3n) is 14.8. The van der Waals surface area contributed by atoms with E-state index >= 15 is 0 Å². The summed E-state index contributed by atoms with van der Waals surface area (Å²) in [4.78, 5) is 74.3. The van der Waals surface area contributed by atoms with Gasteiger partial charge in [-0.3, -0.25) is 9.59 Å². The van der Waals surface area contributed by atoms with Crippen molar-refractivity contribution in [1.82, 2.24) is 40.4 Å². The van der Waals surface area contributed by atoms with E-state index in [4.69, 9.17) is 24.2 Å². The summed E-state index contributed by atoms with van der Waals surface area (Å²) >= 11 is 0. The Bertz CT molecular complexity index is 3050. The van der Waals surface area contributed by atoms with Crippen LogP contribution in [0.15, 0.2) is 103 Å². The molecule has 1 saturated carbocycles. The topological polar surface area (TPSA) is 184 Å². The van der Waals surface area contributed by atoms with Gasteiger partial charge in [-0.05, 0) is 114 Å². The van der Waals surface area contributed by atoms with Crippen molar-refractivity contribution in [2.24, 2.45) is 11.8 Å². The molecule has 0 unspecified atom stereocenters. The first-order valence-electron chi connectivity index (χ1n) is 23.7. The number of likely N-dealkylation sites (tertiary alicyclic amines) is 2. The number of hydrogen-bond donors (Lipinski definition) is 4. The predicted molar refractivity (Wildman–Crippen MR) is 256 cm³/mol. The average Bonchev–Trinajstić information content (AvgIpc) is 4.26. The SMILES string of the molecule is COC(=O)N[C@H](C(=O)N1CCC[C@H]1c1ncc(-c2ccc3cc(-c4ccc5c(ccc6nc([C@@H]7[C@H]8CC[C@H](C8)N7C(=O)[C@H](NC(=O)OC)c7ccccc7)[nH]c65)c4)ccc3c2)[nH]1)C1CCOCC1.